The number of aromatic nitrogens is 4. The number of hydrogen-bond acceptors (Lipinski definition) is 9. The SMILES string of the molecule is Cc1c(-c2ccc3cnc(Nc4ccc(CS(C)(=O)=O)nc4)nc3c2)cnc2c1NCCO2. The summed E-state index contributed by atoms with van der Waals surface area (Å²) in [7, 11) is -3.13. The van der Waals surface area contributed by atoms with Crippen LogP contribution in [-0.2, 0) is 15.6 Å². The Morgan fingerprint density at radius 3 is 2.76 bits per heavy atom. The summed E-state index contributed by atoms with van der Waals surface area (Å²) in [4.78, 5) is 17.7. The molecule has 0 saturated carbocycles. The maximum atomic E-state index is 11.4. The molecule has 0 saturated heterocycles. The van der Waals surface area contributed by atoms with Crippen LogP contribution in [0.1, 0.15) is 11.3 Å². The summed E-state index contributed by atoms with van der Waals surface area (Å²) in [5, 5.41) is 7.41. The zero-order chi connectivity index (χ0) is 23.0. The molecule has 0 fully saturated rings. The molecule has 168 valence electrons. The van der Waals surface area contributed by atoms with Crippen LogP contribution in [0.2, 0.25) is 0 Å². The molecule has 1 aliphatic rings. The molecule has 2 N–H and O–H groups in total. The fraction of sp³-hybridized carbons (Fsp3) is 0.217. The second-order valence-electron chi connectivity index (χ2n) is 7.95. The van der Waals surface area contributed by atoms with Crippen molar-refractivity contribution in [3.05, 3.63) is 60.2 Å². The number of anilines is 3. The minimum atomic E-state index is -3.13. The second kappa shape index (κ2) is 8.28. The van der Waals surface area contributed by atoms with Gasteiger partial charge in [-0.15, -0.1) is 0 Å². The van der Waals surface area contributed by atoms with E-state index in [-0.39, 0.29) is 5.75 Å². The largest absolute Gasteiger partial charge is 0.474 e. The first-order chi connectivity index (χ1) is 15.9. The van der Waals surface area contributed by atoms with Gasteiger partial charge in [-0.2, -0.15) is 0 Å². The highest BCUT2D eigenvalue weighted by Crippen LogP contribution is 2.35. The number of benzene rings is 1. The number of nitrogens with zero attached hydrogens (tertiary/aromatic N) is 4. The van der Waals surface area contributed by atoms with E-state index in [1.807, 2.05) is 24.4 Å². The quantitative estimate of drug-likeness (QED) is 0.459. The Kier molecular flexibility index (Phi) is 5.29. The summed E-state index contributed by atoms with van der Waals surface area (Å²) in [5.74, 6) is 0.960. The van der Waals surface area contributed by atoms with E-state index in [1.54, 1.807) is 24.5 Å². The van der Waals surface area contributed by atoms with Crippen LogP contribution in [0.25, 0.3) is 22.0 Å². The molecule has 3 aromatic heterocycles. The Labute approximate surface area is 191 Å². The average molecular weight is 463 g/mol. The molecule has 0 radical (unpaired) electrons. The van der Waals surface area contributed by atoms with E-state index in [0.29, 0.717) is 29.8 Å². The Morgan fingerprint density at radius 1 is 1.09 bits per heavy atom. The van der Waals surface area contributed by atoms with Crippen LogP contribution in [0.3, 0.4) is 0 Å². The monoisotopic (exact) mass is 462 g/mol. The lowest BCUT2D eigenvalue weighted by molar-refractivity contribution is 0.310. The van der Waals surface area contributed by atoms with Crippen LogP contribution in [0.4, 0.5) is 17.3 Å². The standard InChI is InChI=1S/C23H22N6O3S/c1-14-19(12-26-22-21(14)24-7-8-32-22)15-3-4-16-10-27-23(29-20(16)9-15)28-17-5-6-18(25-11-17)13-33(2,30)31/h3-6,9-12,24H,7-8,13H2,1-2H3,(H,27,28,29). The number of sulfone groups is 1. The molecular weight excluding hydrogens is 440 g/mol. The van der Waals surface area contributed by atoms with Crippen molar-refractivity contribution in [3.63, 3.8) is 0 Å². The number of nitrogens with one attached hydrogen (secondary N) is 2. The van der Waals surface area contributed by atoms with E-state index in [1.165, 1.54) is 6.26 Å². The van der Waals surface area contributed by atoms with Gasteiger partial charge in [-0.1, -0.05) is 12.1 Å². The normalized spacial score (nSPS) is 13.2. The number of hydrogen-bond donors (Lipinski definition) is 2. The van der Waals surface area contributed by atoms with Gasteiger partial charge in [0.1, 0.15) is 12.3 Å². The third-order valence-corrected chi connectivity index (χ3v) is 6.15. The molecular formula is C23H22N6O3S. The van der Waals surface area contributed by atoms with E-state index >= 15 is 0 Å². The van der Waals surface area contributed by atoms with E-state index in [2.05, 4.69) is 37.5 Å². The van der Waals surface area contributed by atoms with Crippen LogP contribution in [-0.4, -0.2) is 47.8 Å². The molecule has 33 heavy (non-hydrogen) atoms. The summed E-state index contributed by atoms with van der Waals surface area (Å²) in [6.07, 6.45) is 6.34. The molecule has 10 heteroatoms. The third-order valence-electron chi connectivity index (χ3n) is 5.33. The fourth-order valence-electron chi connectivity index (χ4n) is 3.74. The average Bonchev–Trinajstić information content (AvgIpc) is 2.79. The number of fused-ring (bicyclic) bond motifs is 2. The van der Waals surface area contributed by atoms with E-state index < -0.39 is 9.84 Å². The van der Waals surface area contributed by atoms with Crippen molar-refractivity contribution in [1.82, 2.24) is 19.9 Å². The topological polar surface area (TPSA) is 119 Å². The van der Waals surface area contributed by atoms with Crippen molar-refractivity contribution in [2.24, 2.45) is 0 Å². The predicted octanol–water partition coefficient (Wildman–Crippen LogP) is 3.49. The van der Waals surface area contributed by atoms with Crippen LogP contribution in [0.5, 0.6) is 5.88 Å². The maximum absolute atomic E-state index is 11.4. The molecule has 0 unspecified atom stereocenters. The van der Waals surface area contributed by atoms with E-state index in [0.717, 1.165) is 39.8 Å². The smallest absolute Gasteiger partial charge is 0.237 e. The van der Waals surface area contributed by atoms with Crippen LogP contribution in [0, 0.1) is 6.92 Å². The second-order valence-corrected chi connectivity index (χ2v) is 10.1. The van der Waals surface area contributed by atoms with Crippen molar-refractivity contribution >= 4 is 38.1 Å². The summed E-state index contributed by atoms with van der Waals surface area (Å²) < 4.78 is 28.5. The van der Waals surface area contributed by atoms with Crippen molar-refractivity contribution < 1.29 is 13.2 Å². The summed E-state index contributed by atoms with van der Waals surface area (Å²) >= 11 is 0. The zero-order valence-electron chi connectivity index (χ0n) is 18.2. The minimum Gasteiger partial charge on any atom is -0.474 e. The molecule has 0 aliphatic carbocycles. The molecule has 0 amide bonds. The van der Waals surface area contributed by atoms with E-state index in [4.69, 9.17) is 4.74 Å². The maximum Gasteiger partial charge on any atom is 0.237 e. The number of rotatable bonds is 5. The lowest BCUT2D eigenvalue weighted by Gasteiger charge is -2.21. The van der Waals surface area contributed by atoms with Crippen molar-refractivity contribution in [1.29, 1.82) is 0 Å². The number of ether oxygens (including phenoxy) is 1. The number of pyridine rings is 2. The molecule has 1 aliphatic heterocycles. The lowest BCUT2D eigenvalue weighted by atomic mass is 10.00. The molecule has 5 rings (SSSR count). The highest BCUT2D eigenvalue weighted by Gasteiger charge is 2.17. The summed E-state index contributed by atoms with van der Waals surface area (Å²) in [6.45, 7) is 3.41. The van der Waals surface area contributed by atoms with E-state index in [9.17, 15) is 8.42 Å². The van der Waals surface area contributed by atoms with Gasteiger partial charge in [0, 0.05) is 36.1 Å². The Morgan fingerprint density at radius 2 is 1.97 bits per heavy atom. The first-order valence-corrected chi connectivity index (χ1v) is 12.4. The van der Waals surface area contributed by atoms with Crippen molar-refractivity contribution in [3.8, 4) is 17.0 Å². The van der Waals surface area contributed by atoms with Gasteiger partial charge in [0.2, 0.25) is 11.8 Å². The summed E-state index contributed by atoms with van der Waals surface area (Å²) in [5.41, 5.74) is 5.95. The van der Waals surface area contributed by atoms with Crippen LogP contribution >= 0.6 is 0 Å². The van der Waals surface area contributed by atoms with Gasteiger partial charge in [0.05, 0.1) is 28.8 Å². The van der Waals surface area contributed by atoms with Gasteiger partial charge in [0.15, 0.2) is 9.84 Å². The van der Waals surface area contributed by atoms with Crippen molar-refractivity contribution in [2.75, 3.05) is 30.0 Å². The zero-order valence-corrected chi connectivity index (χ0v) is 19.0. The molecule has 4 heterocycles. The predicted molar refractivity (Wildman–Crippen MR) is 128 cm³/mol. The Balaban J connectivity index is 1.43. The highest BCUT2D eigenvalue weighted by atomic mass is 32.2. The first-order valence-electron chi connectivity index (χ1n) is 10.4. The first kappa shape index (κ1) is 21.1. The van der Waals surface area contributed by atoms with Gasteiger partial charge in [-0.05, 0) is 36.2 Å². The van der Waals surface area contributed by atoms with Gasteiger partial charge in [-0.3, -0.25) is 4.98 Å². The molecule has 1 aromatic carbocycles. The Hall–Kier alpha value is -3.79. The fourth-order valence-corrected chi connectivity index (χ4v) is 4.45. The van der Waals surface area contributed by atoms with Gasteiger partial charge < -0.3 is 15.4 Å². The molecule has 4 aromatic rings. The Bertz CT molecular complexity index is 1460. The summed E-state index contributed by atoms with van der Waals surface area (Å²) in [6, 6.07) is 9.46. The van der Waals surface area contributed by atoms with Gasteiger partial charge in [-0.25, -0.2) is 23.4 Å². The van der Waals surface area contributed by atoms with Gasteiger partial charge in [0.25, 0.3) is 0 Å². The van der Waals surface area contributed by atoms with Gasteiger partial charge >= 0.3 is 0 Å². The molecule has 0 bridgehead atoms. The third kappa shape index (κ3) is 4.56. The lowest BCUT2D eigenvalue weighted by Crippen LogP contribution is -2.20. The molecule has 0 spiro atoms. The van der Waals surface area contributed by atoms with Crippen LogP contribution < -0.4 is 15.4 Å². The minimum absolute atomic E-state index is 0.0961. The van der Waals surface area contributed by atoms with Crippen LogP contribution in [0.15, 0.2) is 48.9 Å². The van der Waals surface area contributed by atoms with Crippen molar-refractivity contribution in [2.45, 2.75) is 12.7 Å². The highest BCUT2D eigenvalue weighted by molar-refractivity contribution is 7.89. The molecule has 9 nitrogen and oxygen atoms in total. The molecule has 0 atom stereocenters.